The highest BCUT2D eigenvalue weighted by atomic mass is 35.5. The van der Waals surface area contributed by atoms with Gasteiger partial charge in [0.15, 0.2) is 5.83 Å². The first kappa shape index (κ1) is 23.8. The van der Waals surface area contributed by atoms with E-state index < -0.39 is 55.7 Å². The molecule has 0 aromatic rings. The molecule has 0 spiro atoms. The van der Waals surface area contributed by atoms with Crippen LogP contribution in [0.3, 0.4) is 0 Å². The highest BCUT2D eigenvalue weighted by Crippen LogP contribution is 2.62. The van der Waals surface area contributed by atoms with Crippen molar-refractivity contribution in [2.75, 3.05) is 0 Å². The molecule has 0 saturated heterocycles. The van der Waals surface area contributed by atoms with Crippen LogP contribution in [0, 0.1) is 0 Å². The van der Waals surface area contributed by atoms with E-state index in [0.29, 0.717) is 0 Å². The largest absolute Gasteiger partial charge is 0.382 e. The summed E-state index contributed by atoms with van der Waals surface area (Å²) < 4.78 is 148. The zero-order chi connectivity index (χ0) is 21.3. The summed E-state index contributed by atoms with van der Waals surface area (Å²) in [7, 11) is 0. The average Bonchev–Trinajstić information content (AvgIpc) is 2.62. The Morgan fingerprint density at radius 3 is 0.885 bits per heavy atom. The summed E-state index contributed by atoms with van der Waals surface area (Å²) >= 11 is 17.8. The Morgan fingerprint density at radius 1 is 0.500 bits per heavy atom. The van der Waals surface area contributed by atoms with Crippen LogP contribution in [-0.2, 0) is 0 Å². The Balaban J connectivity index is 0.000000260. The van der Waals surface area contributed by atoms with Crippen LogP contribution in [-0.4, -0.2) is 34.7 Å². The molecule has 0 aromatic carbocycles. The first-order valence-corrected chi connectivity index (χ1v) is 7.04. The van der Waals surface area contributed by atoms with Crippen molar-refractivity contribution in [1.29, 1.82) is 0 Å². The van der Waals surface area contributed by atoms with Gasteiger partial charge in [0.2, 0.25) is 0 Å². The monoisotopic (exact) mass is 488 g/mol. The van der Waals surface area contributed by atoms with E-state index in [9.17, 15) is 52.7 Å². The fourth-order valence-corrected chi connectivity index (χ4v) is 2.45. The van der Waals surface area contributed by atoms with Crippen LogP contribution < -0.4 is 0 Å². The number of hydrogen-bond acceptors (Lipinski definition) is 0. The van der Waals surface area contributed by atoms with Crippen molar-refractivity contribution in [2.24, 2.45) is 0 Å². The van der Waals surface area contributed by atoms with Gasteiger partial charge in [-0.15, -0.1) is 0 Å². The van der Waals surface area contributed by atoms with Gasteiger partial charge in [-0.3, -0.25) is 0 Å². The first-order valence-electron chi connectivity index (χ1n) is 5.52. The van der Waals surface area contributed by atoms with E-state index in [1.807, 2.05) is 0 Å². The maximum absolute atomic E-state index is 12.6. The molecule has 0 N–H and O–H groups in total. The van der Waals surface area contributed by atoms with E-state index >= 15 is 0 Å². The Labute approximate surface area is 155 Å². The number of rotatable bonds is 0. The number of hydrogen-bond donors (Lipinski definition) is 0. The molecule has 16 heteroatoms. The molecule has 0 amide bonds. The van der Waals surface area contributed by atoms with E-state index in [-0.39, 0.29) is 0 Å². The topological polar surface area (TPSA) is 0 Å². The highest BCUT2D eigenvalue weighted by molar-refractivity contribution is 6.41. The maximum Gasteiger partial charge on any atom is 0.382 e. The molecule has 152 valence electrons. The molecule has 0 radical (unpaired) electrons. The molecule has 0 heterocycles. The van der Waals surface area contributed by atoms with Gasteiger partial charge in [0, 0.05) is 0 Å². The van der Waals surface area contributed by atoms with Crippen LogP contribution in [0.5, 0.6) is 0 Å². The van der Waals surface area contributed by atoms with Crippen LogP contribution in [0.15, 0.2) is 20.9 Å². The zero-order valence-electron chi connectivity index (χ0n) is 11.0. The van der Waals surface area contributed by atoms with E-state index in [0.717, 1.165) is 0 Å². The van der Waals surface area contributed by atoms with Gasteiger partial charge in [0.05, 0.1) is 0 Å². The number of alkyl halides is 12. The van der Waals surface area contributed by atoms with Crippen LogP contribution in [0.2, 0.25) is 0 Å². The van der Waals surface area contributed by atoms with Crippen molar-refractivity contribution in [3.05, 3.63) is 20.9 Å². The zero-order valence-corrected chi connectivity index (χ0v) is 14.1. The fourth-order valence-electron chi connectivity index (χ4n) is 1.50. The number of halogens is 16. The van der Waals surface area contributed by atoms with Crippen molar-refractivity contribution < 1.29 is 52.7 Å². The third-order valence-electron chi connectivity index (χ3n) is 3.07. The van der Waals surface area contributed by atoms with Gasteiger partial charge in [0.25, 0.3) is 0 Å². The SMILES string of the molecule is FC1(F)C(Cl)=C(Cl)C(F)(F)C1(F)F.FC1=C(Cl)C(F)(F)C(F)(Cl)C1(F)F. The second kappa shape index (κ2) is 6.15. The molecular formula is C10Cl4F12. The van der Waals surface area contributed by atoms with Gasteiger partial charge >= 0.3 is 34.7 Å². The van der Waals surface area contributed by atoms with E-state index in [2.05, 4.69) is 46.4 Å². The molecule has 0 nitrogen and oxygen atoms in total. The van der Waals surface area contributed by atoms with Gasteiger partial charge in [-0.1, -0.05) is 46.4 Å². The van der Waals surface area contributed by atoms with Crippen LogP contribution in [0.4, 0.5) is 52.7 Å². The second-order valence-electron chi connectivity index (χ2n) is 4.70. The van der Waals surface area contributed by atoms with E-state index in [1.54, 1.807) is 0 Å². The molecule has 2 aliphatic carbocycles. The molecule has 0 fully saturated rings. The minimum absolute atomic E-state index is 2.01. The van der Waals surface area contributed by atoms with Crippen molar-refractivity contribution in [2.45, 2.75) is 34.7 Å². The van der Waals surface area contributed by atoms with Gasteiger partial charge in [-0.05, 0) is 0 Å². The summed E-state index contributed by atoms with van der Waals surface area (Å²) in [6.07, 6.45) is 0. The van der Waals surface area contributed by atoms with Crippen molar-refractivity contribution in [3.63, 3.8) is 0 Å². The molecule has 26 heavy (non-hydrogen) atoms. The third-order valence-corrected chi connectivity index (χ3v) is 4.89. The molecule has 0 saturated carbocycles. The lowest BCUT2D eigenvalue weighted by atomic mass is 10.2. The van der Waals surface area contributed by atoms with E-state index in [4.69, 9.17) is 0 Å². The molecule has 0 aliphatic heterocycles. The predicted molar refractivity (Wildman–Crippen MR) is 67.1 cm³/mol. The molecule has 1 unspecified atom stereocenters. The minimum atomic E-state index is -5.58. The minimum Gasteiger partial charge on any atom is -0.212 e. The lowest BCUT2D eigenvalue weighted by Gasteiger charge is -2.24. The highest BCUT2D eigenvalue weighted by Gasteiger charge is 2.80. The third kappa shape index (κ3) is 2.69. The molecule has 0 aromatic heterocycles. The van der Waals surface area contributed by atoms with Gasteiger partial charge < -0.3 is 0 Å². The first-order chi connectivity index (χ1) is 11.1. The fraction of sp³-hybridized carbons (Fsp3) is 0.600. The second-order valence-corrected chi connectivity index (χ2v) is 6.36. The lowest BCUT2D eigenvalue weighted by molar-refractivity contribution is -0.262. The molecular weight excluding hydrogens is 490 g/mol. The van der Waals surface area contributed by atoms with Crippen molar-refractivity contribution in [3.8, 4) is 0 Å². The maximum atomic E-state index is 12.6. The Hall–Kier alpha value is -0.200. The molecule has 2 rings (SSSR count). The summed E-state index contributed by atoms with van der Waals surface area (Å²) in [6, 6.07) is 0. The number of allylic oxidation sites excluding steroid dienone is 4. The Morgan fingerprint density at radius 2 is 0.808 bits per heavy atom. The van der Waals surface area contributed by atoms with Gasteiger partial charge in [-0.25, -0.2) is 8.78 Å². The molecule has 0 bridgehead atoms. The Kier molecular flexibility index (Phi) is 5.64. The summed E-state index contributed by atoms with van der Waals surface area (Å²) in [5, 5.41) is -11.1. The van der Waals surface area contributed by atoms with Crippen molar-refractivity contribution in [1.82, 2.24) is 0 Å². The quantitative estimate of drug-likeness (QED) is 0.249. The average molecular weight is 490 g/mol. The van der Waals surface area contributed by atoms with Crippen LogP contribution in [0.25, 0.3) is 0 Å². The van der Waals surface area contributed by atoms with E-state index in [1.165, 1.54) is 0 Å². The smallest absolute Gasteiger partial charge is 0.212 e. The van der Waals surface area contributed by atoms with Gasteiger partial charge in [-0.2, -0.15) is 43.9 Å². The standard InChI is InChI=1S/2C5Cl2F6/c6-1-2(8)4(11,12)5(7,13)3(1,9)10;6-1-2(7)4(10,11)5(12,13)3(1,8)9. The summed E-state index contributed by atoms with van der Waals surface area (Å²) in [6.45, 7) is 0. The van der Waals surface area contributed by atoms with Gasteiger partial charge in [0.1, 0.15) is 15.1 Å². The van der Waals surface area contributed by atoms with Crippen molar-refractivity contribution >= 4 is 46.4 Å². The molecule has 2 aliphatic rings. The normalized spacial score (nSPS) is 33.2. The molecule has 1 atom stereocenters. The summed E-state index contributed by atoms with van der Waals surface area (Å²) in [4.78, 5) is 0. The summed E-state index contributed by atoms with van der Waals surface area (Å²) in [5.74, 6) is -28.6. The predicted octanol–water partition coefficient (Wildman–Crippen LogP) is 7.19. The summed E-state index contributed by atoms with van der Waals surface area (Å²) in [5.41, 5.74) is 0. The Bertz CT molecular complexity index is 567. The lowest BCUT2D eigenvalue weighted by Crippen LogP contribution is -2.48. The van der Waals surface area contributed by atoms with Crippen LogP contribution in [0.1, 0.15) is 0 Å². The van der Waals surface area contributed by atoms with Crippen LogP contribution >= 0.6 is 46.4 Å².